The molecule has 0 radical (unpaired) electrons. The van der Waals surface area contributed by atoms with Crippen molar-refractivity contribution in [2.24, 2.45) is 0 Å². The van der Waals surface area contributed by atoms with Gasteiger partial charge in [0, 0.05) is 45.4 Å². The van der Waals surface area contributed by atoms with Crippen molar-refractivity contribution >= 4 is 56.2 Å². The first-order valence-corrected chi connectivity index (χ1v) is 16.7. The number of halogens is 2. The van der Waals surface area contributed by atoms with Gasteiger partial charge in [0.15, 0.2) is 0 Å². The first kappa shape index (κ1) is 31.4. The van der Waals surface area contributed by atoms with Crippen LogP contribution in [0.25, 0.3) is 39.5 Å². The molecule has 232 valence electrons. The Morgan fingerprint density at radius 3 is 2.30 bits per heavy atom. The quantitative estimate of drug-likeness (QED) is 0.114. The van der Waals surface area contributed by atoms with Gasteiger partial charge >= 0.3 is 5.97 Å². The summed E-state index contributed by atoms with van der Waals surface area (Å²) in [4.78, 5) is 17.6. The second-order valence-corrected chi connectivity index (χ2v) is 13.3. The Balaban J connectivity index is 1.67. The highest BCUT2D eigenvalue weighted by molar-refractivity contribution is 7.90. The Kier molecular flexibility index (Phi) is 8.86. The van der Waals surface area contributed by atoms with E-state index in [0.29, 0.717) is 50.3 Å². The second-order valence-electron chi connectivity index (χ2n) is 10.6. The van der Waals surface area contributed by atoms with Crippen LogP contribution in [-0.2, 0) is 26.1 Å². The van der Waals surface area contributed by atoms with Crippen molar-refractivity contribution in [2.45, 2.75) is 25.3 Å². The van der Waals surface area contributed by atoms with Crippen molar-refractivity contribution in [1.82, 2.24) is 13.5 Å². The Bertz CT molecular complexity index is 2190. The lowest BCUT2D eigenvalue weighted by molar-refractivity contribution is -0.137. The average molecular weight is 671 g/mol. The number of hydrogen-bond acceptors (Lipinski definition) is 5. The molecule has 0 aliphatic heterocycles. The van der Waals surface area contributed by atoms with Gasteiger partial charge in [-0.25, -0.2) is 22.2 Å². The molecule has 4 aromatic carbocycles. The Labute approximate surface area is 277 Å². The number of benzene rings is 4. The zero-order valence-electron chi connectivity index (χ0n) is 25.0. The minimum Gasteiger partial charge on any atom is -0.463 e. The summed E-state index contributed by atoms with van der Waals surface area (Å²) in [7, 11) is -4.02. The van der Waals surface area contributed by atoms with Crippen molar-refractivity contribution in [1.29, 1.82) is 0 Å². The van der Waals surface area contributed by atoms with Crippen LogP contribution in [0.15, 0.2) is 114 Å². The molecule has 0 unspecified atom stereocenters. The van der Waals surface area contributed by atoms with Gasteiger partial charge in [0.05, 0.1) is 28.4 Å². The molecule has 0 aliphatic rings. The molecule has 0 spiro atoms. The van der Waals surface area contributed by atoms with Gasteiger partial charge in [-0.2, -0.15) is 0 Å². The van der Waals surface area contributed by atoms with Crippen molar-refractivity contribution in [3.8, 4) is 22.5 Å². The first-order chi connectivity index (χ1) is 22.2. The minimum absolute atomic E-state index is 0.150. The van der Waals surface area contributed by atoms with Crippen molar-refractivity contribution in [2.75, 3.05) is 6.61 Å². The fraction of sp³-hybridized carbons (Fsp3) is 0.111. The van der Waals surface area contributed by atoms with Crippen LogP contribution in [-0.4, -0.2) is 34.5 Å². The topological polar surface area (TPSA) is 83.2 Å². The Morgan fingerprint density at radius 2 is 1.61 bits per heavy atom. The number of esters is 1. The molecule has 0 bridgehead atoms. The van der Waals surface area contributed by atoms with E-state index in [4.69, 9.17) is 32.9 Å². The number of imidazole rings is 1. The second kappa shape index (κ2) is 13.0. The molecular weight excluding hydrogens is 641 g/mol. The first-order valence-electron chi connectivity index (χ1n) is 14.5. The van der Waals surface area contributed by atoms with E-state index in [1.807, 2.05) is 72.2 Å². The standard InChI is InChI=1S/C36H29Cl2N3O4S/c1-3-45-34(42)20-19-33-39-35(26-7-5-4-6-8-26)36(40(33)22-25-11-13-27(37)14-12-25)31-23-41(32-21-28(38)15-18-30(31)32)46(43,44)29-16-9-24(2)10-17-29/h4-21,23H,3,22H2,1-2H3. The molecule has 7 nitrogen and oxygen atoms in total. The van der Waals surface area contributed by atoms with Crippen molar-refractivity contribution in [3.63, 3.8) is 0 Å². The predicted octanol–water partition coefficient (Wildman–Crippen LogP) is 8.65. The van der Waals surface area contributed by atoms with Crippen LogP contribution in [0.4, 0.5) is 0 Å². The van der Waals surface area contributed by atoms with E-state index >= 15 is 0 Å². The maximum atomic E-state index is 14.1. The molecule has 0 aliphatic carbocycles. The lowest BCUT2D eigenvalue weighted by Gasteiger charge is -2.12. The van der Waals surface area contributed by atoms with Crippen molar-refractivity contribution < 1.29 is 17.9 Å². The number of carbonyl (C=O) groups is 1. The maximum Gasteiger partial charge on any atom is 0.330 e. The molecule has 0 N–H and O–H groups in total. The van der Waals surface area contributed by atoms with E-state index < -0.39 is 16.0 Å². The lowest BCUT2D eigenvalue weighted by atomic mass is 10.0. The van der Waals surface area contributed by atoms with E-state index in [9.17, 15) is 13.2 Å². The highest BCUT2D eigenvalue weighted by Crippen LogP contribution is 2.40. The van der Waals surface area contributed by atoms with Crippen LogP contribution in [0.2, 0.25) is 10.0 Å². The predicted molar refractivity (Wildman–Crippen MR) is 184 cm³/mol. The molecule has 46 heavy (non-hydrogen) atoms. The fourth-order valence-electron chi connectivity index (χ4n) is 5.32. The number of rotatable bonds is 9. The average Bonchev–Trinajstić information content (AvgIpc) is 3.60. The summed E-state index contributed by atoms with van der Waals surface area (Å²) < 4.78 is 36.7. The van der Waals surface area contributed by atoms with Crippen molar-refractivity contribution in [3.05, 3.63) is 136 Å². The van der Waals surface area contributed by atoms with Crippen LogP contribution in [0, 0.1) is 6.92 Å². The van der Waals surface area contributed by atoms with Crippen LogP contribution in [0.1, 0.15) is 23.9 Å². The molecule has 10 heteroatoms. The Morgan fingerprint density at radius 1 is 0.913 bits per heavy atom. The fourth-order valence-corrected chi connectivity index (χ4v) is 6.97. The monoisotopic (exact) mass is 669 g/mol. The molecule has 0 fully saturated rings. The number of nitrogens with zero attached hydrogens (tertiary/aromatic N) is 3. The highest BCUT2D eigenvalue weighted by Gasteiger charge is 2.27. The number of carbonyl (C=O) groups excluding carboxylic acids is 1. The third-order valence-electron chi connectivity index (χ3n) is 7.52. The van der Waals surface area contributed by atoms with Gasteiger partial charge in [-0.3, -0.25) is 0 Å². The highest BCUT2D eigenvalue weighted by atomic mass is 35.5. The van der Waals surface area contributed by atoms with Gasteiger partial charge in [0.1, 0.15) is 5.82 Å². The van der Waals surface area contributed by atoms with Crippen LogP contribution >= 0.6 is 23.2 Å². The number of aromatic nitrogens is 3. The van der Waals surface area contributed by atoms with E-state index in [1.54, 1.807) is 55.6 Å². The van der Waals surface area contributed by atoms with Crippen LogP contribution in [0.5, 0.6) is 0 Å². The van der Waals surface area contributed by atoms with Gasteiger partial charge in [0.25, 0.3) is 10.0 Å². The molecule has 6 rings (SSSR count). The molecule has 0 atom stereocenters. The summed E-state index contributed by atoms with van der Waals surface area (Å²) in [6.07, 6.45) is 4.58. The maximum absolute atomic E-state index is 14.1. The van der Waals surface area contributed by atoms with Gasteiger partial charge in [-0.1, -0.05) is 89.4 Å². The van der Waals surface area contributed by atoms with Gasteiger partial charge in [-0.15, -0.1) is 0 Å². The smallest absolute Gasteiger partial charge is 0.330 e. The summed E-state index contributed by atoms with van der Waals surface area (Å²) in [5, 5.41) is 1.66. The molecular formula is C36H29Cl2N3O4S. The summed E-state index contributed by atoms with van der Waals surface area (Å²) in [5.74, 6) is -0.0186. The third kappa shape index (κ3) is 6.24. The van der Waals surface area contributed by atoms with Crippen LogP contribution < -0.4 is 0 Å². The summed E-state index contributed by atoms with van der Waals surface area (Å²) >= 11 is 12.7. The van der Waals surface area contributed by atoms with E-state index in [2.05, 4.69) is 0 Å². The zero-order valence-corrected chi connectivity index (χ0v) is 27.4. The molecule has 0 amide bonds. The van der Waals surface area contributed by atoms with E-state index in [1.165, 1.54) is 10.0 Å². The number of aryl methyl sites for hydroxylation is 1. The molecule has 6 aromatic rings. The lowest BCUT2D eigenvalue weighted by Crippen LogP contribution is -2.11. The van der Waals surface area contributed by atoms with Gasteiger partial charge in [0.2, 0.25) is 0 Å². The summed E-state index contributed by atoms with van der Waals surface area (Å²) in [6, 6.07) is 29.0. The normalized spacial score (nSPS) is 11.8. The third-order valence-corrected chi connectivity index (χ3v) is 9.69. The number of ether oxygens (including phenoxy) is 1. The molecule has 0 saturated carbocycles. The van der Waals surface area contributed by atoms with Gasteiger partial charge in [-0.05, 0) is 61.9 Å². The molecule has 0 saturated heterocycles. The Hall–Kier alpha value is -4.63. The van der Waals surface area contributed by atoms with E-state index in [-0.39, 0.29) is 11.5 Å². The van der Waals surface area contributed by atoms with Gasteiger partial charge < -0.3 is 9.30 Å². The largest absolute Gasteiger partial charge is 0.463 e. The number of hydrogen-bond donors (Lipinski definition) is 0. The summed E-state index contributed by atoms with van der Waals surface area (Å²) in [6.45, 7) is 4.23. The zero-order chi connectivity index (χ0) is 32.4. The molecule has 2 aromatic heterocycles. The summed E-state index contributed by atoms with van der Waals surface area (Å²) in [5.41, 5.74) is 5.00. The minimum atomic E-state index is -4.02. The van der Waals surface area contributed by atoms with E-state index in [0.717, 1.165) is 16.7 Å². The van der Waals surface area contributed by atoms with Crippen LogP contribution in [0.3, 0.4) is 0 Å². The SMILES string of the molecule is CCOC(=O)C=Cc1nc(-c2ccccc2)c(-c2cn(S(=O)(=O)c3ccc(C)cc3)c3cc(Cl)ccc23)n1Cc1ccc(Cl)cc1. The molecule has 2 heterocycles. The number of fused-ring (bicyclic) bond motifs is 1.